The lowest BCUT2D eigenvalue weighted by Gasteiger charge is -2.06. The molecule has 0 aliphatic carbocycles. The molecule has 0 aliphatic heterocycles. The number of thiophene rings is 1. The van der Waals surface area contributed by atoms with E-state index in [9.17, 15) is 0 Å². The van der Waals surface area contributed by atoms with Crippen LogP contribution in [0.15, 0.2) is 35.5 Å². The number of hydrogen-bond acceptors (Lipinski definition) is 7. The van der Waals surface area contributed by atoms with Gasteiger partial charge in [-0.2, -0.15) is 5.10 Å². The normalized spacial score (nSPS) is 11.3. The number of nitrogens with two attached hydrogens (primary N) is 1. The molecule has 0 unspecified atom stereocenters. The van der Waals surface area contributed by atoms with Crippen molar-refractivity contribution in [1.82, 2.24) is 24.7 Å². The number of rotatable bonds is 4. The summed E-state index contributed by atoms with van der Waals surface area (Å²) >= 11 is 8.51. The van der Waals surface area contributed by atoms with Gasteiger partial charge in [-0.05, 0) is 43.8 Å². The van der Waals surface area contributed by atoms with Gasteiger partial charge in [0.15, 0.2) is 9.93 Å². The van der Waals surface area contributed by atoms with Gasteiger partial charge in [0.1, 0.15) is 16.5 Å². The minimum Gasteiger partial charge on any atom is -0.383 e. The zero-order valence-electron chi connectivity index (χ0n) is 14.2. The molecule has 0 saturated heterocycles. The van der Waals surface area contributed by atoms with E-state index in [0.29, 0.717) is 21.5 Å². The summed E-state index contributed by atoms with van der Waals surface area (Å²) in [6.45, 7) is 4.13. The molecular weight excluding hydrogens is 384 g/mol. The van der Waals surface area contributed by atoms with Crippen molar-refractivity contribution < 1.29 is 0 Å². The van der Waals surface area contributed by atoms with Crippen LogP contribution in [0.2, 0.25) is 0 Å². The molecule has 0 radical (unpaired) electrons. The van der Waals surface area contributed by atoms with Crippen LogP contribution >= 0.6 is 35.3 Å². The Labute approximate surface area is 163 Å². The molecule has 0 fully saturated rings. The van der Waals surface area contributed by atoms with Gasteiger partial charge < -0.3 is 5.73 Å². The van der Waals surface area contributed by atoms with Crippen LogP contribution in [-0.2, 0) is 5.75 Å². The van der Waals surface area contributed by atoms with Crippen molar-refractivity contribution >= 4 is 51.4 Å². The molecule has 0 atom stereocenters. The highest BCUT2D eigenvalue weighted by Gasteiger charge is 2.14. The number of benzene rings is 1. The second kappa shape index (κ2) is 6.82. The fourth-order valence-electron chi connectivity index (χ4n) is 2.72. The Bertz CT molecular complexity index is 1140. The van der Waals surface area contributed by atoms with Gasteiger partial charge in [-0.15, -0.1) is 11.3 Å². The second-order valence-electron chi connectivity index (χ2n) is 5.76. The van der Waals surface area contributed by atoms with E-state index in [2.05, 4.69) is 34.0 Å². The van der Waals surface area contributed by atoms with Crippen molar-refractivity contribution in [3.8, 4) is 5.69 Å². The molecule has 9 heteroatoms. The smallest absolute Gasteiger partial charge is 0.199 e. The summed E-state index contributed by atoms with van der Waals surface area (Å²) in [5.74, 6) is 1.92. The Morgan fingerprint density at radius 1 is 1.23 bits per heavy atom. The molecule has 0 amide bonds. The molecule has 4 rings (SSSR count). The van der Waals surface area contributed by atoms with Crippen LogP contribution in [0.3, 0.4) is 0 Å². The van der Waals surface area contributed by atoms with Crippen LogP contribution in [0.25, 0.3) is 15.9 Å². The molecule has 3 aromatic heterocycles. The molecule has 6 nitrogen and oxygen atoms in total. The summed E-state index contributed by atoms with van der Waals surface area (Å²) in [5.41, 5.74) is 8.29. The van der Waals surface area contributed by atoms with Gasteiger partial charge in [0.2, 0.25) is 0 Å². The number of nitrogens with one attached hydrogen (secondary N) is 1. The lowest BCUT2D eigenvalue weighted by molar-refractivity contribution is 0.941. The Morgan fingerprint density at radius 2 is 2.00 bits per heavy atom. The van der Waals surface area contributed by atoms with Gasteiger partial charge in [-0.25, -0.2) is 9.97 Å². The summed E-state index contributed by atoms with van der Waals surface area (Å²) in [5, 5.41) is 8.82. The van der Waals surface area contributed by atoms with Crippen LogP contribution in [-0.4, -0.2) is 24.7 Å². The molecule has 0 aliphatic rings. The highest BCUT2D eigenvalue weighted by Crippen LogP contribution is 2.34. The Kier molecular flexibility index (Phi) is 4.51. The molecule has 4 aromatic rings. The molecule has 3 N–H and O–H groups in total. The lowest BCUT2D eigenvalue weighted by Crippen LogP contribution is -2.01. The Morgan fingerprint density at radius 3 is 2.77 bits per heavy atom. The number of H-pyrrole nitrogens is 1. The van der Waals surface area contributed by atoms with Crippen LogP contribution in [0, 0.1) is 18.6 Å². The van der Waals surface area contributed by atoms with E-state index >= 15 is 0 Å². The number of nitrogens with zero attached hydrogens (tertiary/aromatic N) is 4. The summed E-state index contributed by atoms with van der Waals surface area (Å²) in [6.07, 6.45) is 0. The molecule has 1 aromatic carbocycles. The van der Waals surface area contributed by atoms with E-state index in [1.807, 2.05) is 34.9 Å². The standard InChI is InChI=1S/C17H16N6S3/c1-9-10(2)26-15-13(9)14(18)19-16(20-15)25-8-12-21-22-17(24)23(12)11-6-4-3-5-7-11/h3-7H,8H2,1-2H3,(H,22,24)(H2,18,19,20). The van der Waals surface area contributed by atoms with Crippen molar-refractivity contribution in [3.63, 3.8) is 0 Å². The minimum absolute atomic E-state index is 0.529. The zero-order chi connectivity index (χ0) is 18.3. The fraction of sp³-hybridized carbons (Fsp3) is 0.176. The number of aromatic amines is 1. The maximum Gasteiger partial charge on any atom is 0.199 e. The van der Waals surface area contributed by atoms with E-state index in [4.69, 9.17) is 18.0 Å². The predicted octanol–water partition coefficient (Wildman–Crippen LogP) is 4.43. The number of aryl methyl sites for hydroxylation is 2. The first kappa shape index (κ1) is 17.2. The molecule has 0 spiro atoms. The molecule has 0 saturated carbocycles. The monoisotopic (exact) mass is 400 g/mol. The van der Waals surface area contributed by atoms with Crippen molar-refractivity contribution in [2.75, 3.05) is 5.73 Å². The lowest BCUT2D eigenvalue weighted by atomic mass is 10.2. The maximum absolute atomic E-state index is 6.16. The number of aromatic nitrogens is 5. The third kappa shape index (κ3) is 3.02. The van der Waals surface area contributed by atoms with Crippen molar-refractivity contribution in [1.29, 1.82) is 0 Å². The molecule has 26 heavy (non-hydrogen) atoms. The topological polar surface area (TPSA) is 85.4 Å². The molecule has 3 heterocycles. The average Bonchev–Trinajstić information content (AvgIpc) is 3.14. The summed E-state index contributed by atoms with van der Waals surface area (Å²) in [4.78, 5) is 11.3. The number of hydrogen-bond donors (Lipinski definition) is 2. The van der Waals surface area contributed by atoms with Gasteiger partial charge >= 0.3 is 0 Å². The largest absolute Gasteiger partial charge is 0.383 e. The van der Waals surface area contributed by atoms with Crippen LogP contribution in [0.4, 0.5) is 5.82 Å². The highest BCUT2D eigenvalue weighted by molar-refractivity contribution is 7.98. The van der Waals surface area contributed by atoms with E-state index in [-0.39, 0.29) is 0 Å². The van der Waals surface area contributed by atoms with Crippen LogP contribution < -0.4 is 5.73 Å². The van der Waals surface area contributed by atoms with Crippen LogP contribution in [0.5, 0.6) is 0 Å². The number of anilines is 1. The minimum atomic E-state index is 0.529. The summed E-state index contributed by atoms with van der Waals surface area (Å²) in [7, 11) is 0. The fourth-order valence-corrected chi connectivity index (χ4v) is 4.85. The van der Waals surface area contributed by atoms with Crippen molar-refractivity contribution in [2.24, 2.45) is 0 Å². The number of nitrogen functional groups attached to an aromatic ring is 1. The van der Waals surface area contributed by atoms with E-state index in [1.165, 1.54) is 16.6 Å². The van der Waals surface area contributed by atoms with E-state index in [0.717, 1.165) is 27.3 Å². The van der Waals surface area contributed by atoms with Crippen molar-refractivity contribution in [3.05, 3.63) is 51.4 Å². The molecule has 0 bridgehead atoms. The maximum atomic E-state index is 6.16. The first-order chi connectivity index (χ1) is 12.5. The van der Waals surface area contributed by atoms with Crippen LogP contribution in [0.1, 0.15) is 16.3 Å². The number of fused-ring (bicyclic) bond motifs is 1. The SMILES string of the molecule is Cc1sc2nc(SCc3n[nH]c(=S)n3-c3ccccc3)nc(N)c2c1C. The van der Waals surface area contributed by atoms with Gasteiger partial charge in [0, 0.05) is 10.6 Å². The van der Waals surface area contributed by atoms with Gasteiger partial charge in [0.25, 0.3) is 0 Å². The number of thioether (sulfide) groups is 1. The van der Waals surface area contributed by atoms with Crippen molar-refractivity contribution in [2.45, 2.75) is 24.8 Å². The average molecular weight is 401 g/mol. The first-order valence-electron chi connectivity index (χ1n) is 7.92. The van der Waals surface area contributed by atoms with E-state index in [1.54, 1.807) is 11.3 Å². The van der Waals surface area contributed by atoms with Gasteiger partial charge in [0.05, 0.1) is 11.1 Å². The third-order valence-electron chi connectivity index (χ3n) is 4.12. The Hall–Kier alpha value is -2.23. The Balaban J connectivity index is 1.65. The van der Waals surface area contributed by atoms with Gasteiger partial charge in [-0.3, -0.25) is 9.67 Å². The first-order valence-corrected chi connectivity index (χ1v) is 10.1. The highest BCUT2D eigenvalue weighted by atomic mass is 32.2. The van der Waals surface area contributed by atoms with Gasteiger partial charge in [-0.1, -0.05) is 30.0 Å². The quantitative estimate of drug-likeness (QED) is 0.299. The number of para-hydroxylation sites is 1. The summed E-state index contributed by atoms with van der Waals surface area (Å²) in [6, 6.07) is 9.91. The summed E-state index contributed by atoms with van der Waals surface area (Å²) < 4.78 is 2.48. The van der Waals surface area contributed by atoms with E-state index < -0.39 is 0 Å². The third-order valence-corrected chi connectivity index (χ3v) is 6.34. The molecular formula is C17H16N6S3. The molecule has 132 valence electrons. The predicted molar refractivity (Wildman–Crippen MR) is 110 cm³/mol. The second-order valence-corrected chi connectivity index (χ2v) is 8.29. The zero-order valence-corrected chi connectivity index (χ0v) is 16.6.